The Balaban J connectivity index is 1.96. The molecule has 1 unspecified atom stereocenters. The average Bonchev–Trinajstić information content (AvgIpc) is 2.48. The minimum atomic E-state index is -0.919. The van der Waals surface area contributed by atoms with Gasteiger partial charge in [0.15, 0.2) is 0 Å². The van der Waals surface area contributed by atoms with Crippen molar-refractivity contribution in [1.29, 1.82) is 0 Å². The van der Waals surface area contributed by atoms with Crippen LogP contribution in [0.1, 0.15) is 61.5 Å². The van der Waals surface area contributed by atoms with Crippen LogP contribution in [0.5, 0.6) is 0 Å². The molecule has 5 heteroatoms. The molecule has 0 saturated carbocycles. The van der Waals surface area contributed by atoms with Gasteiger partial charge in [-0.25, -0.2) is 9.78 Å². The Kier molecular flexibility index (Phi) is 5.56. The molecule has 0 spiro atoms. The van der Waals surface area contributed by atoms with Gasteiger partial charge in [0, 0.05) is 18.8 Å². The number of hydrogen-bond acceptors (Lipinski definition) is 4. The van der Waals surface area contributed by atoms with Crippen LogP contribution in [-0.4, -0.2) is 35.3 Å². The summed E-state index contributed by atoms with van der Waals surface area (Å²) in [5.74, 6) is -0.0844. The molecule has 2 heterocycles. The van der Waals surface area contributed by atoms with Crippen molar-refractivity contribution in [2.24, 2.45) is 0 Å². The molecule has 1 saturated heterocycles. The zero-order valence-corrected chi connectivity index (χ0v) is 12.8. The summed E-state index contributed by atoms with van der Waals surface area (Å²) in [6.07, 6.45) is 4.74. The van der Waals surface area contributed by atoms with Gasteiger partial charge in [0.1, 0.15) is 5.82 Å². The molecule has 0 aromatic carbocycles. The van der Waals surface area contributed by atoms with Gasteiger partial charge in [-0.15, -0.1) is 0 Å². The number of ether oxygens (including phenoxy) is 1. The van der Waals surface area contributed by atoms with E-state index in [9.17, 15) is 4.79 Å². The summed E-state index contributed by atoms with van der Waals surface area (Å²) in [4.78, 5) is 15.7. The van der Waals surface area contributed by atoms with E-state index in [0.29, 0.717) is 11.9 Å². The van der Waals surface area contributed by atoms with Crippen LogP contribution in [-0.2, 0) is 4.74 Å². The molecule has 1 aliphatic heterocycles. The Morgan fingerprint density at radius 1 is 1.48 bits per heavy atom. The first-order valence-electron chi connectivity index (χ1n) is 7.67. The smallest absolute Gasteiger partial charge is 0.335 e. The second-order valence-corrected chi connectivity index (χ2v) is 5.83. The van der Waals surface area contributed by atoms with E-state index >= 15 is 0 Å². The van der Waals surface area contributed by atoms with Crippen LogP contribution in [0.25, 0.3) is 0 Å². The quantitative estimate of drug-likeness (QED) is 0.842. The zero-order chi connectivity index (χ0) is 15.2. The third-order valence-electron chi connectivity index (χ3n) is 3.73. The summed E-state index contributed by atoms with van der Waals surface area (Å²) in [6, 6.07) is 3.23. The molecule has 0 radical (unpaired) electrons. The monoisotopic (exact) mass is 292 g/mol. The second-order valence-electron chi connectivity index (χ2n) is 5.83. The minimum Gasteiger partial charge on any atom is -0.478 e. The highest BCUT2D eigenvalue weighted by Gasteiger charge is 2.14. The fraction of sp³-hybridized carbons (Fsp3) is 0.625. The van der Waals surface area contributed by atoms with E-state index in [1.807, 2.05) is 13.8 Å². The van der Waals surface area contributed by atoms with Gasteiger partial charge in [0.05, 0.1) is 11.7 Å². The van der Waals surface area contributed by atoms with E-state index in [4.69, 9.17) is 9.84 Å². The van der Waals surface area contributed by atoms with Crippen molar-refractivity contribution in [3.05, 3.63) is 23.4 Å². The summed E-state index contributed by atoms with van der Waals surface area (Å²) >= 11 is 0. The lowest BCUT2D eigenvalue weighted by molar-refractivity contribution is 0.0134. The number of hydrogen-bond donors (Lipinski definition) is 2. The number of carbonyl (C=O) groups is 1. The Labute approximate surface area is 125 Å². The molecule has 0 amide bonds. The summed E-state index contributed by atoms with van der Waals surface area (Å²) in [5.41, 5.74) is 1.08. The lowest BCUT2D eigenvalue weighted by atomic mass is 10.1. The van der Waals surface area contributed by atoms with Gasteiger partial charge in [0.2, 0.25) is 0 Å². The molecule has 0 aliphatic carbocycles. The van der Waals surface area contributed by atoms with Gasteiger partial charge >= 0.3 is 5.97 Å². The van der Waals surface area contributed by atoms with Crippen LogP contribution in [0.2, 0.25) is 0 Å². The summed E-state index contributed by atoms with van der Waals surface area (Å²) in [6.45, 7) is 5.62. The number of aromatic nitrogens is 1. The van der Waals surface area contributed by atoms with Crippen molar-refractivity contribution in [3.8, 4) is 0 Å². The van der Waals surface area contributed by atoms with Gasteiger partial charge in [-0.05, 0) is 43.7 Å². The van der Waals surface area contributed by atoms with Crippen LogP contribution < -0.4 is 5.32 Å². The predicted octanol–water partition coefficient (Wildman–Crippen LogP) is 3.27. The maximum atomic E-state index is 11.2. The van der Waals surface area contributed by atoms with Gasteiger partial charge in [0.25, 0.3) is 0 Å². The number of aromatic carboxylic acids is 1. The third kappa shape index (κ3) is 4.70. The number of nitrogens with zero attached hydrogens (tertiary/aromatic N) is 1. The van der Waals surface area contributed by atoms with Crippen LogP contribution >= 0.6 is 0 Å². The third-order valence-corrected chi connectivity index (χ3v) is 3.73. The summed E-state index contributed by atoms with van der Waals surface area (Å²) in [7, 11) is 0. The number of anilines is 1. The molecule has 2 N–H and O–H groups in total. The van der Waals surface area contributed by atoms with Gasteiger partial charge in [-0.3, -0.25) is 0 Å². The van der Waals surface area contributed by atoms with Crippen LogP contribution in [0.3, 0.4) is 0 Å². The molecular weight excluding hydrogens is 268 g/mol. The highest BCUT2D eigenvalue weighted by atomic mass is 16.5. The second kappa shape index (κ2) is 7.41. The van der Waals surface area contributed by atoms with E-state index in [0.717, 1.165) is 38.1 Å². The first-order chi connectivity index (χ1) is 10.1. The average molecular weight is 292 g/mol. The number of rotatable bonds is 6. The Morgan fingerprint density at radius 3 is 2.90 bits per heavy atom. The van der Waals surface area contributed by atoms with Crippen molar-refractivity contribution in [2.45, 2.75) is 51.6 Å². The molecular formula is C16H24N2O3. The molecule has 116 valence electrons. The van der Waals surface area contributed by atoms with Crippen molar-refractivity contribution in [3.63, 3.8) is 0 Å². The fourth-order valence-corrected chi connectivity index (χ4v) is 2.46. The minimum absolute atomic E-state index is 0.200. The summed E-state index contributed by atoms with van der Waals surface area (Å²) < 4.78 is 5.69. The molecule has 1 aromatic heterocycles. The van der Waals surface area contributed by atoms with Crippen molar-refractivity contribution in [1.82, 2.24) is 4.98 Å². The Bertz CT molecular complexity index is 482. The van der Waals surface area contributed by atoms with Gasteiger partial charge in [-0.1, -0.05) is 13.8 Å². The molecule has 2 rings (SSSR count). The van der Waals surface area contributed by atoms with Crippen LogP contribution in [0.4, 0.5) is 5.82 Å². The molecule has 1 atom stereocenters. The maximum Gasteiger partial charge on any atom is 0.335 e. The number of carboxylic acid groups (broad SMARTS) is 1. The highest BCUT2D eigenvalue weighted by Crippen LogP contribution is 2.19. The molecule has 0 bridgehead atoms. The van der Waals surface area contributed by atoms with Crippen LogP contribution in [0.15, 0.2) is 12.1 Å². The Hall–Kier alpha value is -1.62. The van der Waals surface area contributed by atoms with E-state index in [2.05, 4.69) is 10.3 Å². The molecule has 1 aromatic rings. The molecule has 5 nitrogen and oxygen atoms in total. The van der Waals surface area contributed by atoms with Crippen LogP contribution in [0, 0.1) is 0 Å². The highest BCUT2D eigenvalue weighted by molar-refractivity contribution is 5.88. The van der Waals surface area contributed by atoms with E-state index in [1.165, 1.54) is 6.42 Å². The fourth-order valence-electron chi connectivity index (χ4n) is 2.46. The van der Waals surface area contributed by atoms with Crippen molar-refractivity contribution >= 4 is 11.8 Å². The zero-order valence-electron chi connectivity index (χ0n) is 12.8. The normalized spacial score (nSPS) is 18.7. The number of pyridine rings is 1. The van der Waals surface area contributed by atoms with Crippen molar-refractivity contribution in [2.75, 3.05) is 18.5 Å². The van der Waals surface area contributed by atoms with E-state index in [-0.39, 0.29) is 11.5 Å². The standard InChI is InChI=1S/C16H24N2O3/c1-11(2)14-9-12(16(19)20)10-15(18-14)17-7-6-13-5-3-4-8-21-13/h9-11,13H,3-8H2,1-2H3,(H,17,18)(H,19,20). The molecule has 1 aliphatic rings. The molecule has 21 heavy (non-hydrogen) atoms. The lowest BCUT2D eigenvalue weighted by Crippen LogP contribution is -2.22. The van der Waals surface area contributed by atoms with E-state index < -0.39 is 5.97 Å². The number of carboxylic acids is 1. The summed E-state index contributed by atoms with van der Waals surface area (Å²) in [5, 5.41) is 12.4. The van der Waals surface area contributed by atoms with E-state index in [1.54, 1.807) is 12.1 Å². The SMILES string of the molecule is CC(C)c1cc(C(=O)O)cc(NCCC2CCCCO2)n1. The number of nitrogens with one attached hydrogen (secondary N) is 1. The topological polar surface area (TPSA) is 71.5 Å². The predicted molar refractivity (Wildman–Crippen MR) is 82.0 cm³/mol. The lowest BCUT2D eigenvalue weighted by Gasteiger charge is -2.22. The largest absolute Gasteiger partial charge is 0.478 e. The Morgan fingerprint density at radius 2 is 2.29 bits per heavy atom. The first kappa shape index (κ1) is 15.8. The molecule has 1 fully saturated rings. The van der Waals surface area contributed by atoms with Gasteiger partial charge in [-0.2, -0.15) is 0 Å². The maximum absolute atomic E-state index is 11.2. The van der Waals surface area contributed by atoms with Crippen molar-refractivity contribution < 1.29 is 14.6 Å². The first-order valence-corrected chi connectivity index (χ1v) is 7.67. The van der Waals surface area contributed by atoms with Gasteiger partial charge < -0.3 is 15.2 Å².